The molecular formula is C20H25N3O. The number of hydrogen-bond acceptors (Lipinski definition) is 2. The van der Waals surface area contributed by atoms with E-state index in [9.17, 15) is 4.79 Å². The lowest BCUT2D eigenvalue weighted by molar-refractivity contribution is -0.137. The van der Waals surface area contributed by atoms with Gasteiger partial charge in [-0.05, 0) is 31.7 Å². The fourth-order valence-electron chi connectivity index (χ4n) is 3.23. The minimum absolute atomic E-state index is 0.0350. The van der Waals surface area contributed by atoms with Crippen LogP contribution in [0, 0.1) is 12.8 Å². The van der Waals surface area contributed by atoms with Crippen LogP contribution < -0.4 is 0 Å². The second-order valence-corrected chi connectivity index (χ2v) is 6.62. The minimum Gasteiger partial charge on any atom is -0.340 e. The largest absolute Gasteiger partial charge is 0.340 e. The van der Waals surface area contributed by atoms with Gasteiger partial charge in [-0.3, -0.25) is 4.79 Å². The minimum atomic E-state index is -0.155. The number of aryl methyl sites for hydroxylation is 1. The standard InChI is InChI=1S/C20H25N3O/c1-4-15(3)20(24)23-12-6-5-7-18(23)19-21-13-17(22-19)16-10-8-14(2)9-11-16/h4,8-11,13,15,18H,1,5-7,12H2,2-3H3,(H,21,22). The molecule has 126 valence electrons. The van der Waals surface area contributed by atoms with E-state index in [0.717, 1.165) is 42.9 Å². The summed E-state index contributed by atoms with van der Waals surface area (Å²) >= 11 is 0. The zero-order valence-electron chi connectivity index (χ0n) is 14.5. The zero-order chi connectivity index (χ0) is 17.1. The fourth-order valence-corrected chi connectivity index (χ4v) is 3.23. The Morgan fingerprint density at radius 2 is 2.12 bits per heavy atom. The quantitative estimate of drug-likeness (QED) is 0.855. The van der Waals surface area contributed by atoms with E-state index in [1.807, 2.05) is 18.0 Å². The number of carbonyl (C=O) groups is 1. The molecule has 4 nitrogen and oxygen atoms in total. The van der Waals surface area contributed by atoms with E-state index in [2.05, 4.69) is 47.7 Å². The Hall–Kier alpha value is -2.36. The highest BCUT2D eigenvalue weighted by Gasteiger charge is 2.31. The number of rotatable bonds is 4. The van der Waals surface area contributed by atoms with Crippen molar-refractivity contribution in [3.05, 3.63) is 54.5 Å². The van der Waals surface area contributed by atoms with Crippen LogP contribution in [0.2, 0.25) is 0 Å². The molecule has 2 unspecified atom stereocenters. The summed E-state index contributed by atoms with van der Waals surface area (Å²) in [5.41, 5.74) is 3.35. The highest BCUT2D eigenvalue weighted by Crippen LogP contribution is 2.31. The Bertz CT molecular complexity index is 717. The molecule has 0 radical (unpaired) electrons. The van der Waals surface area contributed by atoms with E-state index in [1.165, 1.54) is 5.56 Å². The van der Waals surface area contributed by atoms with Crippen LogP contribution in [0.1, 0.15) is 43.6 Å². The maximum Gasteiger partial charge on any atom is 0.229 e. The van der Waals surface area contributed by atoms with Crippen LogP contribution in [0.5, 0.6) is 0 Å². The molecule has 1 aliphatic heterocycles. The molecule has 2 atom stereocenters. The molecule has 0 aliphatic carbocycles. The topological polar surface area (TPSA) is 49.0 Å². The van der Waals surface area contributed by atoms with Gasteiger partial charge in [0.1, 0.15) is 5.82 Å². The van der Waals surface area contributed by atoms with Gasteiger partial charge >= 0.3 is 0 Å². The zero-order valence-corrected chi connectivity index (χ0v) is 14.5. The number of amides is 1. The number of benzene rings is 1. The van der Waals surface area contributed by atoms with E-state index in [0.29, 0.717) is 0 Å². The van der Waals surface area contributed by atoms with Gasteiger partial charge in [0, 0.05) is 6.54 Å². The van der Waals surface area contributed by atoms with Gasteiger partial charge in [-0.25, -0.2) is 4.98 Å². The van der Waals surface area contributed by atoms with Gasteiger partial charge in [-0.1, -0.05) is 42.8 Å². The predicted octanol–water partition coefficient (Wildman–Crippen LogP) is 4.26. The van der Waals surface area contributed by atoms with Gasteiger partial charge in [0.2, 0.25) is 5.91 Å². The third-order valence-corrected chi connectivity index (χ3v) is 4.80. The van der Waals surface area contributed by atoms with Crippen molar-refractivity contribution >= 4 is 5.91 Å². The lowest BCUT2D eigenvalue weighted by atomic mass is 9.99. The molecule has 2 aromatic rings. The number of aromatic amines is 1. The number of imidazole rings is 1. The monoisotopic (exact) mass is 323 g/mol. The molecule has 1 N–H and O–H groups in total. The number of hydrogen-bond donors (Lipinski definition) is 1. The predicted molar refractivity (Wildman–Crippen MR) is 96.4 cm³/mol. The molecule has 24 heavy (non-hydrogen) atoms. The first-order chi connectivity index (χ1) is 11.6. The maximum absolute atomic E-state index is 12.6. The van der Waals surface area contributed by atoms with Crippen molar-refractivity contribution in [1.29, 1.82) is 0 Å². The van der Waals surface area contributed by atoms with Crippen LogP contribution in [0.3, 0.4) is 0 Å². The van der Waals surface area contributed by atoms with Crippen LogP contribution in [0.25, 0.3) is 11.3 Å². The highest BCUT2D eigenvalue weighted by atomic mass is 16.2. The Kier molecular flexibility index (Phi) is 4.84. The summed E-state index contributed by atoms with van der Waals surface area (Å²) in [7, 11) is 0. The first-order valence-electron chi connectivity index (χ1n) is 8.65. The number of nitrogens with zero attached hydrogens (tertiary/aromatic N) is 2. The Morgan fingerprint density at radius 1 is 1.38 bits per heavy atom. The average Bonchev–Trinajstić information content (AvgIpc) is 3.11. The van der Waals surface area contributed by atoms with E-state index in [1.54, 1.807) is 6.08 Å². The van der Waals surface area contributed by atoms with Gasteiger partial charge in [-0.2, -0.15) is 0 Å². The van der Waals surface area contributed by atoms with Crippen LogP contribution in [0.4, 0.5) is 0 Å². The number of likely N-dealkylation sites (tertiary alicyclic amines) is 1. The number of H-pyrrole nitrogens is 1. The van der Waals surface area contributed by atoms with Crippen molar-refractivity contribution in [2.24, 2.45) is 5.92 Å². The van der Waals surface area contributed by atoms with Gasteiger partial charge in [0.05, 0.1) is 23.9 Å². The first kappa shape index (κ1) is 16.5. The molecule has 1 aromatic carbocycles. The number of nitrogens with one attached hydrogen (secondary N) is 1. The normalized spacial score (nSPS) is 19.1. The smallest absolute Gasteiger partial charge is 0.229 e. The molecule has 1 aromatic heterocycles. The summed E-state index contributed by atoms with van der Waals surface area (Å²) < 4.78 is 0. The summed E-state index contributed by atoms with van der Waals surface area (Å²) in [5, 5.41) is 0. The summed E-state index contributed by atoms with van der Waals surface area (Å²) in [6, 6.07) is 8.41. The van der Waals surface area contributed by atoms with E-state index >= 15 is 0 Å². The first-order valence-corrected chi connectivity index (χ1v) is 8.65. The van der Waals surface area contributed by atoms with Crippen LogP contribution in [-0.4, -0.2) is 27.3 Å². The molecule has 1 saturated heterocycles. The summed E-state index contributed by atoms with van der Waals surface area (Å²) in [5.74, 6) is 0.870. The average molecular weight is 323 g/mol. The molecule has 1 amide bonds. The van der Waals surface area contributed by atoms with Crippen molar-refractivity contribution in [2.75, 3.05) is 6.54 Å². The van der Waals surface area contributed by atoms with Gasteiger partial charge < -0.3 is 9.88 Å². The Morgan fingerprint density at radius 3 is 2.83 bits per heavy atom. The SMILES string of the molecule is C=CC(C)C(=O)N1CCCCC1c1ncc(-c2ccc(C)cc2)[nH]1. The lowest BCUT2D eigenvalue weighted by Gasteiger charge is -2.35. The third kappa shape index (κ3) is 3.28. The third-order valence-electron chi connectivity index (χ3n) is 4.80. The van der Waals surface area contributed by atoms with Crippen molar-refractivity contribution < 1.29 is 4.79 Å². The van der Waals surface area contributed by atoms with Gasteiger partial charge in [-0.15, -0.1) is 6.58 Å². The molecule has 0 saturated carbocycles. The molecule has 2 heterocycles. The molecule has 1 aliphatic rings. The second-order valence-electron chi connectivity index (χ2n) is 6.62. The maximum atomic E-state index is 12.6. The van der Waals surface area contributed by atoms with Crippen LogP contribution in [-0.2, 0) is 4.79 Å². The number of carbonyl (C=O) groups excluding carboxylic acids is 1. The van der Waals surface area contributed by atoms with E-state index in [4.69, 9.17) is 0 Å². The summed E-state index contributed by atoms with van der Waals surface area (Å²) in [6.07, 6.45) is 6.72. The summed E-state index contributed by atoms with van der Waals surface area (Å²) in [4.78, 5) is 22.6. The molecule has 0 spiro atoms. The molecule has 1 fully saturated rings. The van der Waals surface area contributed by atoms with Crippen LogP contribution >= 0.6 is 0 Å². The van der Waals surface area contributed by atoms with Crippen LogP contribution in [0.15, 0.2) is 43.1 Å². The number of aromatic nitrogens is 2. The lowest BCUT2D eigenvalue weighted by Crippen LogP contribution is -2.41. The Balaban J connectivity index is 1.85. The van der Waals surface area contributed by atoms with Crippen molar-refractivity contribution in [3.63, 3.8) is 0 Å². The number of piperidine rings is 1. The molecule has 4 heteroatoms. The Labute approximate surface area is 143 Å². The highest BCUT2D eigenvalue weighted by molar-refractivity contribution is 5.80. The molecular weight excluding hydrogens is 298 g/mol. The van der Waals surface area contributed by atoms with E-state index in [-0.39, 0.29) is 17.9 Å². The van der Waals surface area contributed by atoms with Gasteiger partial charge in [0.25, 0.3) is 0 Å². The van der Waals surface area contributed by atoms with E-state index < -0.39 is 0 Å². The second kappa shape index (κ2) is 7.04. The van der Waals surface area contributed by atoms with Gasteiger partial charge in [0.15, 0.2) is 0 Å². The van der Waals surface area contributed by atoms with Crippen molar-refractivity contribution in [3.8, 4) is 11.3 Å². The molecule has 0 bridgehead atoms. The fraction of sp³-hybridized carbons (Fsp3) is 0.400. The summed E-state index contributed by atoms with van der Waals surface area (Å²) in [6.45, 7) is 8.53. The van der Waals surface area contributed by atoms with Crippen molar-refractivity contribution in [2.45, 2.75) is 39.2 Å². The molecule has 3 rings (SSSR count). The van der Waals surface area contributed by atoms with Crippen molar-refractivity contribution in [1.82, 2.24) is 14.9 Å².